The van der Waals surface area contributed by atoms with Gasteiger partial charge in [-0.25, -0.2) is 0 Å². The van der Waals surface area contributed by atoms with E-state index in [1.807, 2.05) is 7.85 Å². The maximum Gasteiger partial charge on any atom is 0.104 e. The van der Waals surface area contributed by atoms with Crippen molar-refractivity contribution >= 4 is 7.85 Å². The fraction of sp³-hybridized carbons (Fsp3) is 1.00. The summed E-state index contributed by atoms with van der Waals surface area (Å²) in [7, 11) is 1.90. The number of aliphatic hydroxyl groups excluding tert-OH is 1. The highest BCUT2D eigenvalue weighted by Gasteiger charge is 1.91. The first-order valence-electron chi connectivity index (χ1n) is 2.19. The van der Waals surface area contributed by atoms with Crippen molar-refractivity contribution in [1.29, 1.82) is 0 Å². The maximum atomic E-state index is 8.54. The van der Waals surface area contributed by atoms with Crippen LogP contribution in [-0.4, -0.2) is 25.6 Å². The highest BCUT2D eigenvalue weighted by atomic mass is 16.3. The summed E-state index contributed by atoms with van der Waals surface area (Å²) in [6.45, 7) is 0.385. The fourth-order valence-electron chi connectivity index (χ4n) is 0.167. The summed E-state index contributed by atoms with van der Waals surface area (Å²) in [6, 6.07) is 0. The van der Waals surface area contributed by atoms with E-state index >= 15 is 0 Å². The second-order valence-electron chi connectivity index (χ2n) is 1.30. The Balaban J connectivity index is 2.75. The van der Waals surface area contributed by atoms with Gasteiger partial charge in [0.2, 0.25) is 0 Å². The Labute approximate surface area is 38.8 Å². The topological polar surface area (TPSA) is 46.2 Å². The van der Waals surface area contributed by atoms with Crippen LogP contribution in [0.1, 0.15) is 0 Å². The molecule has 0 aliphatic heterocycles. The van der Waals surface area contributed by atoms with Crippen LogP contribution in [0.2, 0.25) is 6.32 Å². The average molecular weight is 86.9 g/mol. The highest BCUT2D eigenvalue weighted by Crippen LogP contribution is 1.79. The molecule has 6 heavy (non-hydrogen) atoms. The summed E-state index contributed by atoms with van der Waals surface area (Å²) in [5.74, 6) is 0. The van der Waals surface area contributed by atoms with Gasteiger partial charge in [0.1, 0.15) is 7.85 Å². The third-order valence-corrected chi connectivity index (χ3v) is 0.743. The van der Waals surface area contributed by atoms with Gasteiger partial charge < -0.3 is 10.8 Å². The second-order valence-corrected chi connectivity index (χ2v) is 1.30. The zero-order valence-corrected chi connectivity index (χ0v) is 4.02. The van der Waals surface area contributed by atoms with Gasteiger partial charge in [0.15, 0.2) is 0 Å². The second kappa shape index (κ2) is 3.19. The molecule has 0 bridgehead atoms. The minimum atomic E-state index is -0.287. The van der Waals surface area contributed by atoms with Gasteiger partial charge in [-0.05, 0) is 0 Å². The normalized spacial score (nSPS) is 14.3. The van der Waals surface area contributed by atoms with E-state index in [-0.39, 0.29) is 6.10 Å². The van der Waals surface area contributed by atoms with Gasteiger partial charge in [-0.15, -0.1) is 0 Å². The van der Waals surface area contributed by atoms with Crippen molar-refractivity contribution in [3.63, 3.8) is 0 Å². The summed E-state index contributed by atoms with van der Waals surface area (Å²) < 4.78 is 0. The third-order valence-electron chi connectivity index (χ3n) is 0.743. The van der Waals surface area contributed by atoms with Crippen LogP contribution in [0.4, 0.5) is 0 Å². The van der Waals surface area contributed by atoms with Crippen molar-refractivity contribution in [2.75, 3.05) is 6.54 Å². The predicted molar refractivity (Wildman–Crippen MR) is 28.4 cm³/mol. The summed E-state index contributed by atoms with van der Waals surface area (Å²) in [4.78, 5) is 0. The molecule has 36 valence electrons. The van der Waals surface area contributed by atoms with E-state index in [1.165, 1.54) is 0 Å². The molecule has 0 aliphatic rings. The van der Waals surface area contributed by atoms with Crippen molar-refractivity contribution in [2.24, 2.45) is 5.73 Å². The summed E-state index contributed by atoms with van der Waals surface area (Å²) in [6.07, 6.45) is 0.473. The van der Waals surface area contributed by atoms with E-state index in [9.17, 15) is 0 Å². The van der Waals surface area contributed by atoms with Crippen molar-refractivity contribution in [2.45, 2.75) is 12.4 Å². The quantitative estimate of drug-likeness (QED) is 0.396. The van der Waals surface area contributed by atoms with E-state index in [1.54, 1.807) is 0 Å². The molecule has 1 unspecified atom stereocenters. The van der Waals surface area contributed by atoms with Crippen LogP contribution >= 0.6 is 0 Å². The molecule has 0 aromatic rings. The number of aliphatic hydroxyl groups is 1. The largest absolute Gasteiger partial charge is 0.393 e. The summed E-state index contributed by atoms with van der Waals surface area (Å²) in [5.41, 5.74) is 5.03. The van der Waals surface area contributed by atoms with Crippen molar-refractivity contribution < 1.29 is 5.11 Å². The molecule has 1 atom stereocenters. The number of hydrogen-bond donors (Lipinski definition) is 2. The minimum absolute atomic E-state index is 0.287. The van der Waals surface area contributed by atoms with Crippen LogP contribution in [0.15, 0.2) is 0 Å². The predicted octanol–water partition coefficient (Wildman–Crippen LogP) is -1.64. The van der Waals surface area contributed by atoms with Gasteiger partial charge in [-0.2, -0.15) is 0 Å². The fourth-order valence-corrected chi connectivity index (χ4v) is 0.167. The molecular weight excluding hydrogens is 76.9 g/mol. The molecule has 0 aromatic carbocycles. The Morgan fingerprint density at radius 2 is 2.33 bits per heavy atom. The first-order valence-corrected chi connectivity index (χ1v) is 2.19. The molecule has 0 heterocycles. The number of rotatable bonds is 2. The number of hydrogen-bond acceptors (Lipinski definition) is 2. The Kier molecular flexibility index (Phi) is 3.18. The lowest BCUT2D eigenvalue weighted by molar-refractivity contribution is 0.204. The van der Waals surface area contributed by atoms with E-state index in [4.69, 9.17) is 10.8 Å². The molecule has 0 saturated carbocycles. The van der Waals surface area contributed by atoms with Crippen molar-refractivity contribution in [3.8, 4) is 0 Å². The number of nitrogens with two attached hydrogens (primary N) is 1. The molecule has 0 amide bonds. The van der Waals surface area contributed by atoms with Gasteiger partial charge in [0.05, 0.1) is 6.10 Å². The van der Waals surface area contributed by atoms with Crippen LogP contribution in [0.5, 0.6) is 0 Å². The van der Waals surface area contributed by atoms with Gasteiger partial charge in [-0.3, -0.25) is 0 Å². The molecule has 3 heteroatoms. The molecule has 0 fully saturated rings. The van der Waals surface area contributed by atoms with Crippen molar-refractivity contribution in [3.05, 3.63) is 0 Å². The first-order chi connectivity index (χ1) is 2.81. The van der Waals surface area contributed by atoms with Crippen LogP contribution in [0.25, 0.3) is 0 Å². The zero-order chi connectivity index (χ0) is 4.99. The zero-order valence-electron chi connectivity index (χ0n) is 4.02. The first kappa shape index (κ1) is 5.98. The summed E-state index contributed by atoms with van der Waals surface area (Å²) in [5, 5.41) is 8.54. The molecule has 0 saturated heterocycles. The molecular formula is C3H10BNO. The highest BCUT2D eigenvalue weighted by molar-refractivity contribution is 6.08. The lowest BCUT2D eigenvalue weighted by Crippen LogP contribution is -2.18. The Morgan fingerprint density at radius 3 is 2.33 bits per heavy atom. The average Bonchev–Trinajstić information content (AvgIpc) is 1.65. The molecule has 2 nitrogen and oxygen atoms in total. The van der Waals surface area contributed by atoms with Crippen LogP contribution in [0, 0.1) is 0 Å². The van der Waals surface area contributed by atoms with Crippen LogP contribution < -0.4 is 5.73 Å². The Hall–Kier alpha value is -0.0151. The maximum absolute atomic E-state index is 8.54. The van der Waals surface area contributed by atoms with E-state index in [0.29, 0.717) is 6.54 Å². The van der Waals surface area contributed by atoms with Gasteiger partial charge >= 0.3 is 0 Å². The van der Waals surface area contributed by atoms with Gasteiger partial charge in [-0.1, -0.05) is 6.32 Å². The van der Waals surface area contributed by atoms with E-state index < -0.39 is 0 Å². The smallest absolute Gasteiger partial charge is 0.104 e. The van der Waals surface area contributed by atoms with Crippen molar-refractivity contribution in [1.82, 2.24) is 0 Å². The van der Waals surface area contributed by atoms with Crippen LogP contribution in [0.3, 0.4) is 0 Å². The van der Waals surface area contributed by atoms with Crippen LogP contribution in [-0.2, 0) is 0 Å². The lowest BCUT2D eigenvalue weighted by atomic mass is 10.00. The van der Waals surface area contributed by atoms with Gasteiger partial charge in [0.25, 0.3) is 0 Å². The molecule has 0 spiro atoms. The monoisotopic (exact) mass is 87.1 g/mol. The standard InChI is InChI=1S/C3H10BNO/c4-1-3(6)2-5/h3,6H,1-2,4-5H2. The van der Waals surface area contributed by atoms with E-state index in [0.717, 1.165) is 6.32 Å². The molecule has 3 N–H and O–H groups in total. The molecule has 0 rings (SSSR count). The lowest BCUT2D eigenvalue weighted by Gasteiger charge is -1.98. The Bertz CT molecular complexity index is 30.0. The molecule has 0 radical (unpaired) electrons. The SMILES string of the molecule is BCC(O)CN. The minimum Gasteiger partial charge on any atom is -0.393 e. The molecule has 0 aromatic heterocycles. The third kappa shape index (κ3) is 2.24. The van der Waals surface area contributed by atoms with E-state index in [2.05, 4.69) is 0 Å². The van der Waals surface area contributed by atoms with Gasteiger partial charge in [0, 0.05) is 6.54 Å². The Morgan fingerprint density at radius 1 is 1.83 bits per heavy atom. The summed E-state index contributed by atoms with van der Waals surface area (Å²) >= 11 is 0. The molecule has 0 aliphatic carbocycles.